The molecule has 0 saturated carbocycles. The Morgan fingerprint density at radius 1 is 1.04 bits per heavy atom. The summed E-state index contributed by atoms with van der Waals surface area (Å²) in [5, 5.41) is 10.2. The average Bonchev–Trinajstić information content (AvgIpc) is 2.68. The number of hydrogen-bond donors (Lipinski definition) is 1. The molecule has 1 aromatic heterocycles. The van der Waals surface area contributed by atoms with Gasteiger partial charge < -0.3 is 9.84 Å². The van der Waals surface area contributed by atoms with Crippen LogP contribution in [-0.2, 0) is 6.54 Å². The first-order valence-electron chi connectivity index (χ1n) is 8.41. The number of amides is 1. The van der Waals surface area contributed by atoms with Gasteiger partial charge in [0.1, 0.15) is 11.5 Å². The van der Waals surface area contributed by atoms with Gasteiger partial charge in [-0.1, -0.05) is 18.2 Å². The molecule has 1 N–H and O–H groups in total. The minimum absolute atomic E-state index is 0.0442. The van der Waals surface area contributed by atoms with Crippen LogP contribution in [0.3, 0.4) is 0 Å². The summed E-state index contributed by atoms with van der Waals surface area (Å²) < 4.78 is 5.43. The molecule has 1 amide bonds. The number of hydrogen-bond acceptors (Lipinski definition) is 4. The molecule has 0 spiro atoms. The lowest BCUT2D eigenvalue weighted by molar-refractivity contribution is 0.0984. The van der Waals surface area contributed by atoms with E-state index in [1.54, 1.807) is 54.7 Å². The highest BCUT2D eigenvalue weighted by Crippen LogP contribution is 2.29. The van der Waals surface area contributed by atoms with Crippen LogP contribution in [-0.4, -0.2) is 22.6 Å². The number of phenols is 1. The molecule has 0 unspecified atom stereocenters. The molecule has 0 aliphatic rings. The Labute approximate surface area is 152 Å². The highest BCUT2D eigenvalue weighted by atomic mass is 16.5. The second-order valence-electron chi connectivity index (χ2n) is 5.66. The second kappa shape index (κ2) is 8.16. The largest absolute Gasteiger partial charge is 0.506 e. The van der Waals surface area contributed by atoms with Gasteiger partial charge in [-0.15, -0.1) is 0 Å². The fourth-order valence-electron chi connectivity index (χ4n) is 2.63. The van der Waals surface area contributed by atoms with Gasteiger partial charge in [0.15, 0.2) is 0 Å². The van der Waals surface area contributed by atoms with Gasteiger partial charge in [-0.2, -0.15) is 0 Å². The Morgan fingerprint density at radius 3 is 2.42 bits per heavy atom. The zero-order chi connectivity index (χ0) is 18.4. The topological polar surface area (TPSA) is 62.7 Å². The highest BCUT2D eigenvalue weighted by Gasteiger charge is 2.21. The molecule has 5 nitrogen and oxygen atoms in total. The van der Waals surface area contributed by atoms with Crippen molar-refractivity contribution in [3.63, 3.8) is 0 Å². The first-order valence-corrected chi connectivity index (χ1v) is 8.41. The van der Waals surface area contributed by atoms with Gasteiger partial charge in [0.05, 0.1) is 24.5 Å². The number of phenolic OH excluding ortho intramolecular Hbond substituents is 1. The number of ether oxygens (including phenoxy) is 1. The van der Waals surface area contributed by atoms with Gasteiger partial charge in [0, 0.05) is 11.8 Å². The van der Waals surface area contributed by atoms with Crippen molar-refractivity contribution in [1.29, 1.82) is 0 Å². The van der Waals surface area contributed by atoms with E-state index in [4.69, 9.17) is 4.74 Å². The molecular formula is C21H20N2O3. The van der Waals surface area contributed by atoms with Crippen LogP contribution in [0.1, 0.15) is 23.0 Å². The van der Waals surface area contributed by atoms with Gasteiger partial charge in [-0.3, -0.25) is 14.7 Å². The maximum Gasteiger partial charge on any atom is 0.258 e. The van der Waals surface area contributed by atoms with E-state index in [0.717, 1.165) is 5.69 Å². The molecule has 0 atom stereocenters. The molecule has 132 valence electrons. The summed E-state index contributed by atoms with van der Waals surface area (Å²) in [6, 6.07) is 19.3. The fraction of sp³-hybridized carbons (Fsp3) is 0.143. The van der Waals surface area contributed by atoms with Crippen molar-refractivity contribution in [2.75, 3.05) is 11.5 Å². The van der Waals surface area contributed by atoms with Gasteiger partial charge in [0.2, 0.25) is 0 Å². The van der Waals surface area contributed by atoms with Crippen LogP contribution in [0, 0.1) is 0 Å². The molecule has 0 bridgehead atoms. The molecule has 26 heavy (non-hydrogen) atoms. The lowest BCUT2D eigenvalue weighted by Gasteiger charge is -2.23. The monoisotopic (exact) mass is 348 g/mol. The SMILES string of the molecule is CCOc1ccc(C(=O)N(Cc2ccccn2)c2ccccc2O)cc1. The Hall–Kier alpha value is -3.34. The Kier molecular flexibility index (Phi) is 5.49. The van der Waals surface area contributed by atoms with Crippen LogP contribution >= 0.6 is 0 Å². The number of para-hydroxylation sites is 2. The summed E-state index contributed by atoms with van der Waals surface area (Å²) in [5.74, 6) is 0.533. The summed E-state index contributed by atoms with van der Waals surface area (Å²) >= 11 is 0. The van der Waals surface area contributed by atoms with Crippen molar-refractivity contribution in [1.82, 2.24) is 4.98 Å². The van der Waals surface area contributed by atoms with Crippen molar-refractivity contribution in [3.05, 3.63) is 84.2 Å². The van der Waals surface area contributed by atoms with E-state index in [0.29, 0.717) is 23.6 Å². The fourth-order valence-corrected chi connectivity index (χ4v) is 2.63. The number of pyridine rings is 1. The smallest absolute Gasteiger partial charge is 0.258 e. The maximum absolute atomic E-state index is 13.1. The second-order valence-corrected chi connectivity index (χ2v) is 5.66. The Balaban J connectivity index is 1.94. The minimum atomic E-state index is -0.222. The van der Waals surface area contributed by atoms with Crippen molar-refractivity contribution in [2.45, 2.75) is 13.5 Å². The number of nitrogens with zero attached hydrogens (tertiary/aromatic N) is 2. The van der Waals surface area contributed by atoms with Gasteiger partial charge >= 0.3 is 0 Å². The van der Waals surface area contributed by atoms with Crippen LogP contribution in [0.25, 0.3) is 0 Å². The van der Waals surface area contributed by atoms with Gasteiger partial charge in [-0.05, 0) is 55.5 Å². The molecule has 0 aliphatic carbocycles. The van der Waals surface area contributed by atoms with Crippen molar-refractivity contribution >= 4 is 11.6 Å². The molecular weight excluding hydrogens is 328 g/mol. The summed E-state index contributed by atoms with van der Waals surface area (Å²) in [6.45, 7) is 2.73. The molecule has 0 radical (unpaired) electrons. The van der Waals surface area contributed by atoms with Crippen molar-refractivity contribution in [3.8, 4) is 11.5 Å². The minimum Gasteiger partial charge on any atom is -0.506 e. The van der Waals surface area contributed by atoms with E-state index < -0.39 is 0 Å². The van der Waals surface area contributed by atoms with E-state index >= 15 is 0 Å². The number of aromatic hydroxyl groups is 1. The first kappa shape index (κ1) is 17.5. The van der Waals surface area contributed by atoms with E-state index in [-0.39, 0.29) is 18.2 Å². The van der Waals surface area contributed by atoms with Gasteiger partial charge in [0.25, 0.3) is 5.91 Å². The van der Waals surface area contributed by atoms with Crippen LogP contribution in [0.15, 0.2) is 72.9 Å². The third-order valence-electron chi connectivity index (χ3n) is 3.88. The molecule has 3 rings (SSSR count). The van der Waals surface area contributed by atoms with Crippen molar-refractivity contribution in [2.24, 2.45) is 0 Å². The van der Waals surface area contributed by atoms with Crippen LogP contribution in [0.5, 0.6) is 11.5 Å². The van der Waals surface area contributed by atoms with E-state index in [1.165, 1.54) is 4.90 Å². The predicted molar refractivity (Wildman–Crippen MR) is 100 cm³/mol. The third kappa shape index (κ3) is 4.00. The Morgan fingerprint density at radius 2 is 1.77 bits per heavy atom. The molecule has 2 aromatic carbocycles. The predicted octanol–water partition coefficient (Wildman–Crippen LogP) is 4.03. The number of benzene rings is 2. The standard InChI is InChI=1S/C21H20N2O3/c1-2-26-18-12-10-16(11-13-18)21(25)23(15-17-7-5-6-14-22-17)19-8-3-4-9-20(19)24/h3-14,24H,2,15H2,1H3. The summed E-state index contributed by atoms with van der Waals surface area (Å²) in [5.41, 5.74) is 1.68. The normalized spacial score (nSPS) is 10.3. The maximum atomic E-state index is 13.1. The van der Waals surface area contributed by atoms with E-state index in [1.807, 2.05) is 25.1 Å². The highest BCUT2D eigenvalue weighted by molar-refractivity contribution is 6.06. The van der Waals surface area contributed by atoms with Crippen LogP contribution in [0.2, 0.25) is 0 Å². The average molecular weight is 348 g/mol. The van der Waals surface area contributed by atoms with E-state index in [9.17, 15) is 9.90 Å². The van der Waals surface area contributed by atoms with Crippen LogP contribution < -0.4 is 9.64 Å². The number of anilines is 1. The summed E-state index contributed by atoms with van der Waals surface area (Å²) in [7, 11) is 0. The number of aromatic nitrogens is 1. The molecule has 0 saturated heterocycles. The third-order valence-corrected chi connectivity index (χ3v) is 3.88. The van der Waals surface area contributed by atoms with Crippen molar-refractivity contribution < 1.29 is 14.6 Å². The molecule has 0 fully saturated rings. The number of rotatable bonds is 6. The molecule has 3 aromatic rings. The molecule has 5 heteroatoms. The zero-order valence-corrected chi connectivity index (χ0v) is 14.5. The van der Waals surface area contributed by atoms with E-state index in [2.05, 4.69) is 4.98 Å². The lowest BCUT2D eigenvalue weighted by atomic mass is 10.1. The van der Waals surface area contributed by atoms with Gasteiger partial charge in [-0.25, -0.2) is 0 Å². The van der Waals surface area contributed by atoms with Crippen LogP contribution in [0.4, 0.5) is 5.69 Å². The Bertz CT molecular complexity index is 864. The number of carbonyl (C=O) groups excluding carboxylic acids is 1. The zero-order valence-electron chi connectivity index (χ0n) is 14.5. The summed E-state index contributed by atoms with van der Waals surface area (Å²) in [6.07, 6.45) is 1.68. The quantitative estimate of drug-likeness (QED) is 0.730. The summed E-state index contributed by atoms with van der Waals surface area (Å²) in [4.78, 5) is 18.9. The molecule has 1 heterocycles. The lowest BCUT2D eigenvalue weighted by Crippen LogP contribution is -2.30. The first-order chi connectivity index (χ1) is 12.7. The number of carbonyl (C=O) groups is 1. The molecule has 0 aliphatic heterocycles.